The van der Waals surface area contributed by atoms with Gasteiger partial charge in [0.05, 0.1) is 11.5 Å². The Kier molecular flexibility index (Phi) is 5.12. The number of halogens is 2. The summed E-state index contributed by atoms with van der Waals surface area (Å²) in [5, 5.41) is 21.6. The van der Waals surface area contributed by atoms with Gasteiger partial charge in [-0.25, -0.2) is 14.1 Å². The van der Waals surface area contributed by atoms with Gasteiger partial charge in [-0.2, -0.15) is 5.10 Å². The Morgan fingerprint density at radius 1 is 1.37 bits per heavy atom. The Morgan fingerprint density at radius 2 is 2.15 bits per heavy atom. The molecule has 0 atom stereocenters. The van der Waals surface area contributed by atoms with Crippen molar-refractivity contribution in [2.75, 3.05) is 5.32 Å². The van der Waals surface area contributed by atoms with E-state index in [-0.39, 0.29) is 23.2 Å². The Labute approximate surface area is 156 Å². The molecule has 0 saturated carbocycles. The summed E-state index contributed by atoms with van der Waals surface area (Å²) in [6.07, 6.45) is 2.52. The maximum absolute atomic E-state index is 13.1. The van der Waals surface area contributed by atoms with Gasteiger partial charge in [-0.15, -0.1) is 5.10 Å². The maximum atomic E-state index is 13.1. The van der Waals surface area contributed by atoms with Crippen LogP contribution >= 0.6 is 11.6 Å². The minimum atomic E-state index is -0.800. The molecule has 2 aromatic heterocycles. The lowest BCUT2D eigenvalue weighted by Crippen LogP contribution is -2.16. The molecule has 1 amide bonds. The van der Waals surface area contributed by atoms with E-state index in [0.29, 0.717) is 12.1 Å². The highest BCUT2D eigenvalue weighted by Gasteiger charge is 2.26. The van der Waals surface area contributed by atoms with Crippen molar-refractivity contribution in [2.24, 2.45) is 0 Å². The second-order valence-electron chi connectivity index (χ2n) is 5.43. The van der Waals surface area contributed by atoms with E-state index in [1.54, 1.807) is 6.92 Å². The first-order valence-electron chi connectivity index (χ1n) is 7.74. The van der Waals surface area contributed by atoms with Crippen LogP contribution in [-0.2, 0) is 13.1 Å². The molecular formula is C15H13ClFN7O3. The predicted octanol–water partition coefficient (Wildman–Crippen LogP) is 2.50. The number of rotatable bonds is 6. The highest BCUT2D eigenvalue weighted by molar-refractivity contribution is 6.31. The van der Waals surface area contributed by atoms with Crippen molar-refractivity contribution >= 4 is 29.1 Å². The Morgan fingerprint density at radius 3 is 2.81 bits per heavy atom. The van der Waals surface area contributed by atoms with E-state index in [1.807, 2.05) is 0 Å². The van der Waals surface area contributed by atoms with Gasteiger partial charge in [-0.3, -0.25) is 24.9 Å². The number of carbonyl (C=O) groups excluding carboxylic acids is 1. The van der Waals surface area contributed by atoms with Crippen LogP contribution in [0.25, 0.3) is 0 Å². The molecule has 10 nitrogen and oxygen atoms in total. The van der Waals surface area contributed by atoms with Crippen LogP contribution in [0, 0.1) is 15.9 Å². The summed E-state index contributed by atoms with van der Waals surface area (Å²) in [7, 11) is 0. The van der Waals surface area contributed by atoms with Gasteiger partial charge in [0.15, 0.2) is 0 Å². The molecule has 1 aromatic carbocycles. The number of nitrogens with one attached hydrogen (secondary N) is 1. The summed E-state index contributed by atoms with van der Waals surface area (Å²) < 4.78 is 15.8. The fraction of sp³-hybridized carbons (Fsp3) is 0.200. The fourth-order valence-electron chi connectivity index (χ4n) is 2.28. The molecule has 12 heteroatoms. The van der Waals surface area contributed by atoms with E-state index >= 15 is 0 Å². The third-order valence-electron chi connectivity index (χ3n) is 3.59. The molecule has 0 aliphatic rings. The number of benzene rings is 1. The lowest BCUT2D eigenvalue weighted by atomic mass is 10.2. The van der Waals surface area contributed by atoms with Crippen LogP contribution in [0.15, 0.2) is 30.7 Å². The van der Waals surface area contributed by atoms with Crippen molar-refractivity contribution in [3.8, 4) is 0 Å². The highest BCUT2D eigenvalue weighted by atomic mass is 35.5. The summed E-state index contributed by atoms with van der Waals surface area (Å²) in [5.41, 5.74) is -0.134. The third kappa shape index (κ3) is 4.08. The van der Waals surface area contributed by atoms with Crippen molar-refractivity contribution in [3.63, 3.8) is 0 Å². The van der Waals surface area contributed by atoms with Gasteiger partial charge in [0, 0.05) is 11.6 Å². The number of carbonyl (C=O) groups is 1. The summed E-state index contributed by atoms with van der Waals surface area (Å²) in [5.74, 6) is -1.31. The van der Waals surface area contributed by atoms with Crippen molar-refractivity contribution < 1.29 is 14.1 Å². The molecule has 0 unspecified atom stereocenters. The predicted molar refractivity (Wildman–Crippen MR) is 93.0 cm³/mol. The van der Waals surface area contributed by atoms with E-state index in [2.05, 4.69) is 20.5 Å². The Bertz CT molecular complexity index is 1020. The summed E-state index contributed by atoms with van der Waals surface area (Å²) in [4.78, 5) is 26.6. The first-order chi connectivity index (χ1) is 12.9. The van der Waals surface area contributed by atoms with Gasteiger partial charge in [0.2, 0.25) is 11.6 Å². The van der Waals surface area contributed by atoms with Crippen LogP contribution < -0.4 is 5.32 Å². The Balaban J connectivity index is 1.75. The second-order valence-corrected chi connectivity index (χ2v) is 5.84. The van der Waals surface area contributed by atoms with E-state index in [0.717, 1.165) is 0 Å². The molecular weight excluding hydrogens is 381 g/mol. The van der Waals surface area contributed by atoms with Crippen LogP contribution in [0.2, 0.25) is 5.02 Å². The Hall–Kier alpha value is -3.34. The molecule has 3 aromatic rings. The number of hydrogen-bond donors (Lipinski definition) is 1. The number of nitro groups is 1. The summed E-state index contributed by atoms with van der Waals surface area (Å²) >= 11 is 5.97. The largest absolute Gasteiger partial charge is 0.320 e. The molecule has 0 saturated heterocycles. The minimum Gasteiger partial charge on any atom is -0.287 e. The number of anilines is 1. The maximum Gasteiger partial charge on any atom is 0.320 e. The van der Waals surface area contributed by atoms with Crippen molar-refractivity contribution in [2.45, 2.75) is 20.0 Å². The van der Waals surface area contributed by atoms with E-state index in [4.69, 9.17) is 11.6 Å². The van der Waals surface area contributed by atoms with Crippen LogP contribution in [0.4, 0.5) is 16.0 Å². The standard InChI is InChI=1S/C15H13ClFN7O3/c1-2-22-7-12(24(26)27)13(20-22)14(25)19-15-18-8-23(21-15)6-9-3-4-10(17)5-11(9)16/h3-5,7-8H,2,6H2,1H3,(H,19,21,25). The first kappa shape index (κ1) is 18.5. The smallest absolute Gasteiger partial charge is 0.287 e. The van der Waals surface area contributed by atoms with Crippen molar-refractivity contribution in [3.05, 3.63) is 62.9 Å². The molecule has 27 heavy (non-hydrogen) atoms. The number of aromatic nitrogens is 5. The molecule has 2 heterocycles. The lowest BCUT2D eigenvalue weighted by Gasteiger charge is -2.04. The van der Waals surface area contributed by atoms with E-state index < -0.39 is 22.3 Å². The van der Waals surface area contributed by atoms with Crippen LogP contribution in [0.3, 0.4) is 0 Å². The van der Waals surface area contributed by atoms with Gasteiger partial charge in [0.1, 0.15) is 18.3 Å². The number of hydrogen-bond acceptors (Lipinski definition) is 6. The highest BCUT2D eigenvalue weighted by Crippen LogP contribution is 2.19. The van der Waals surface area contributed by atoms with Crippen LogP contribution in [-0.4, -0.2) is 35.4 Å². The lowest BCUT2D eigenvalue weighted by molar-refractivity contribution is -0.385. The van der Waals surface area contributed by atoms with Gasteiger partial charge in [-0.05, 0) is 24.6 Å². The topological polar surface area (TPSA) is 121 Å². The van der Waals surface area contributed by atoms with Gasteiger partial charge >= 0.3 is 5.69 Å². The first-order valence-corrected chi connectivity index (χ1v) is 8.11. The average molecular weight is 394 g/mol. The molecule has 140 valence electrons. The number of aryl methyl sites for hydroxylation is 1. The van der Waals surface area contributed by atoms with Gasteiger partial charge in [0.25, 0.3) is 5.91 Å². The molecule has 0 radical (unpaired) electrons. The second kappa shape index (κ2) is 7.50. The molecule has 0 aliphatic carbocycles. The molecule has 0 spiro atoms. The van der Waals surface area contributed by atoms with E-state index in [1.165, 1.54) is 40.1 Å². The summed E-state index contributed by atoms with van der Waals surface area (Å²) in [6.45, 7) is 2.31. The fourth-order valence-corrected chi connectivity index (χ4v) is 2.51. The average Bonchev–Trinajstić information content (AvgIpc) is 3.24. The molecule has 0 bridgehead atoms. The van der Waals surface area contributed by atoms with Crippen molar-refractivity contribution in [1.29, 1.82) is 0 Å². The zero-order valence-corrected chi connectivity index (χ0v) is 14.7. The zero-order chi connectivity index (χ0) is 19.6. The zero-order valence-electron chi connectivity index (χ0n) is 14.0. The monoisotopic (exact) mass is 393 g/mol. The molecule has 1 N–H and O–H groups in total. The van der Waals surface area contributed by atoms with Gasteiger partial charge < -0.3 is 0 Å². The number of nitrogens with zero attached hydrogens (tertiary/aromatic N) is 6. The van der Waals surface area contributed by atoms with Gasteiger partial charge in [-0.1, -0.05) is 17.7 Å². The SMILES string of the molecule is CCn1cc([N+](=O)[O-])c(C(=O)Nc2ncn(Cc3ccc(F)cc3Cl)n2)n1. The number of amides is 1. The minimum absolute atomic E-state index is 0.0569. The van der Waals surface area contributed by atoms with Crippen LogP contribution in [0.5, 0.6) is 0 Å². The molecule has 0 aliphatic heterocycles. The summed E-state index contributed by atoms with van der Waals surface area (Å²) in [6, 6.07) is 3.96. The van der Waals surface area contributed by atoms with E-state index in [9.17, 15) is 19.3 Å². The van der Waals surface area contributed by atoms with Crippen molar-refractivity contribution in [1.82, 2.24) is 24.5 Å². The quantitative estimate of drug-likeness (QED) is 0.507. The normalized spacial score (nSPS) is 10.8. The molecule has 0 fully saturated rings. The van der Waals surface area contributed by atoms with Crippen LogP contribution in [0.1, 0.15) is 23.0 Å². The third-order valence-corrected chi connectivity index (χ3v) is 3.94. The molecule has 3 rings (SSSR count).